The maximum atomic E-state index is 13.0. The van der Waals surface area contributed by atoms with Crippen LogP contribution in [0.3, 0.4) is 0 Å². The highest BCUT2D eigenvalue weighted by Gasteiger charge is 2.51. The van der Waals surface area contributed by atoms with Gasteiger partial charge in [0, 0.05) is 10.1 Å². The molecule has 2 aliphatic heterocycles. The summed E-state index contributed by atoms with van der Waals surface area (Å²) in [6, 6.07) is 3.50. The number of nitrogens with zero attached hydrogens (tertiary/aromatic N) is 3. The first-order chi connectivity index (χ1) is 15.8. The first kappa shape index (κ1) is 22.4. The molecule has 174 valence electrons. The fourth-order valence-corrected chi connectivity index (χ4v) is 5.75. The Morgan fingerprint density at radius 3 is 1.76 bits per heavy atom. The number of hydrogen-bond acceptors (Lipinski definition) is 6. The van der Waals surface area contributed by atoms with Crippen molar-refractivity contribution in [2.75, 3.05) is 13.3 Å². The minimum atomic E-state index is -0.466. The fraction of sp³-hybridized carbons (Fsp3) is 0.478. The Morgan fingerprint density at radius 1 is 0.818 bits per heavy atom. The minimum absolute atomic E-state index is 0.0472. The molecule has 0 N–H and O–H groups in total. The Kier molecular flexibility index (Phi) is 5.93. The number of fused-ring (bicyclic) bond motifs is 2. The van der Waals surface area contributed by atoms with E-state index in [4.69, 9.17) is 27.6 Å². The van der Waals surface area contributed by atoms with Crippen LogP contribution < -0.4 is 0 Å². The quantitative estimate of drug-likeness (QED) is 0.568. The number of halogens is 2. The number of carbonyl (C=O) groups excluding carboxylic acids is 4. The molecule has 2 fully saturated rings. The number of carbonyl (C=O) groups is 4. The van der Waals surface area contributed by atoms with Gasteiger partial charge in [0.05, 0.1) is 49.8 Å². The van der Waals surface area contributed by atoms with E-state index < -0.39 is 23.7 Å². The van der Waals surface area contributed by atoms with Gasteiger partial charge >= 0.3 is 0 Å². The van der Waals surface area contributed by atoms with E-state index >= 15 is 0 Å². The largest absolute Gasteiger partial charge is 0.468 e. The summed E-state index contributed by atoms with van der Waals surface area (Å²) in [5.74, 6) is -2.23. The molecule has 0 unspecified atom stereocenters. The average Bonchev–Trinajstić information content (AvgIpc) is 3.44. The molecule has 5 rings (SSSR count). The number of likely N-dealkylation sites (tertiary alicyclic amines) is 2. The lowest BCUT2D eigenvalue weighted by atomic mass is 9.85. The van der Waals surface area contributed by atoms with E-state index in [2.05, 4.69) is 0 Å². The zero-order valence-corrected chi connectivity index (χ0v) is 19.3. The number of amides is 4. The van der Waals surface area contributed by atoms with E-state index in [9.17, 15) is 19.2 Å². The summed E-state index contributed by atoms with van der Waals surface area (Å²) in [7, 11) is 0. The van der Waals surface area contributed by atoms with Crippen molar-refractivity contribution in [1.29, 1.82) is 0 Å². The third-order valence-electron chi connectivity index (χ3n) is 6.96. The van der Waals surface area contributed by atoms with E-state index in [1.54, 1.807) is 29.2 Å². The summed E-state index contributed by atoms with van der Waals surface area (Å²) in [6.45, 7) is 0.132. The molecule has 4 aliphatic rings. The fourth-order valence-electron chi connectivity index (χ4n) is 5.24. The topological polar surface area (TPSA) is 91.1 Å². The van der Waals surface area contributed by atoms with Gasteiger partial charge in [-0.3, -0.25) is 33.9 Å². The third-order valence-corrected chi connectivity index (χ3v) is 7.58. The Hall–Kier alpha value is -2.42. The molecule has 2 aliphatic carbocycles. The molecule has 2 saturated heterocycles. The number of imide groups is 2. The Bertz CT molecular complexity index is 1000. The summed E-state index contributed by atoms with van der Waals surface area (Å²) < 4.78 is 5.45. The molecule has 4 amide bonds. The molecule has 1 aromatic heterocycles. The van der Waals surface area contributed by atoms with Crippen molar-refractivity contribution in [2.24, 2.45) is 23.7 Å². The van der Waals surface area contributed by atoms with Gasteiger partial charge < -0.3 is 4.42 Å². The van der Waals surface area contributed by atoms with Gasteiger partial charge in [0.15, 0.2) is 0 Å². The minimum Gasteiger partial charge on any atom is -0.468 e. The van der Waals surface area contributed by atoms with Gasteiger partial charge in [-0.1, -0.05) is 35.4 Å². The monoisotopic (exact) mass is 491 g/mol. The molecular weight excluding hydrogens is 469 g/mol. The lowest BCUT2D eigenvalue weighted by molar-refractivity contribution is -0.145. The second-order valence-electron chi connectivity index (χ2n) is 9.01. The predicted molar refractivity (Wildman–Crippen MR) is 118 cm³/mol. The van der Waals surface area contributed by atoms with Crippen LogP contribution in [0.5, 0.6) is 0 Å². The highest BCUT2D eigenvalue weighted by molar-refractivity contribution is 6.30. The summed E-state index contributed by atoms with van der Waals surface area (Å²) in [5.41, 5.74) is 0. The van der Waals surface area contributed by atoms with E-state index in [1.165, 1.54) is 16.1 Å². The van der Waals surface area contributed by atoms with Gasteiger partial charge in [-0.2, -0.15) is 0 Å². The van der Waals surface area contributed by atoms with Gasteiger partial charge in [0.2, 0.25) is 23.6 Å². The SMILES string of the molecule is O=C1[C@H]2CC(Cl)=CC[C@H]2C(=O)N1CN(Cc1ccco1)CN1C(=O)[C@H]2CC(Cl)=CC[C@H]2C1=O. The van der Waals surface area contributed by atoms with E-state index in [0.29, 0.717) is 41.5 Å². The van der Waals surface area contributed by atoms with Crippen LogP contribution in [0.1, 0.15) is 31.4 Å². The molecule has 33 heavy (non-hydrogen) atoms. The molecule has 4 atom stereocenters. The summed E-state index contributed by atoms with van der Waals surface area (Å²) in [5, 5.41) is 1.18. The molecule has 8 nitrogen and oxygen atoms in total. The second-order valence-corrected chi connectivity index (χ2v) is 9.98. The third kappa shape index (κ3) is 4.05. The molecule has 0 spiro atoms. The Morgan fingerprint density at radius 2 is 1.30 bits per heavy atom. The molecule has 0 aromatic carbocycles. The maximum absolute atomic E-state index is 13.0. The van der Waals surface area contributed by atoms with Crippen LogP contribution in [0.2, 0.25) is 0 Å². The van der Waals surface area contributed by atoms with Gasteiger partial charge in [-0.05, 0) is 37.8 Å². The van der Waals surface area contributed by atoms with Crippen LogP contribution in [-0.4, -0.2) is 51.7 Å². The van der Waals surface area contributed by atoms with Crippen molar-refractivity contribution in [1.82, 2.24) is 14.7 Å². The van der Waals surface area contributed by atoms with Crippen LogP contribution in [-0.2, 0) is 25.7 Å². The number of allylic oxidation sites excluding steroid dienone is 4. The van der Waals surface area contributed by atoms with Gasteiger partial charge in [-0.25, -0.2) is 0 Å². The first-order valence-electron chi connectivity index (χ1n) is 11.0. The smallest absolute Gasteiger partial charge is 0.234 e. The number of furan rings is 1. The second kappa shape index (κ2) is 8.74. The van der Waals surface area contributed by atoms with Gasteiger partial charge in [0.1, 0.15) is 5.76 Å². The van der Waals surface area contributed by atoms with Crippen molar-refractivity contribution < 1.29 is 23.6 Å². The Balaban J connectivity index is 1.35. The van der Waals surface area contributed by atoms with Crippen LogP contribution in [0.15, 0.2) is 45.0 Å². The molecule has 0 radical (unpaired) electrons. The van der Waals surface area contributed by atoms with Crippen molar-refractivity contribution in [3.63, 3.8) is 0 Å². The summed E-state index contributed by atoms with van der Waals surface area (Å²) >= 11 is 12.2. The van der Waals surface area contributed by atoms with Crippen molar-refractivity contribution in [3.05, 3.63) is 46.4 Å². The molecule has 1 aromatic rings. The summed E-state index contributed by atoms with van der Waals surface area (Å²) in [6.07, 6.45) is 6.68. The molecule has 3 heterocycles. The number of hydrogen-bond donors (Lipinski definition) is 0. The highest BCUT2D eigenvalue weighted by atomic mass is 35.5. The van der Waals surface area contributed by atoms with Crippen molar-refractivity contribution >= 4 is 46.8 Å². The van der Waals surface area contributed by atoms with Crippen LogP contribution in [0, 0.1) is 23.7 Å². The average molecular weight is 492 g/mol. The lowest BCUT2D eigenvalue weighted by Crippen LogP contribution is -2.47. The van der Waals surface area contributed by atoms with Gasteiger partial charge in [-0.15, -0.1) is 0 Å². The van der Waals surface area contributed by atoms with E-state index in [0.717, 1.165) is 0 Å². The lowest BCUT2D eigenvalue weighted by Gasteiger charge is -2.29. The summed E-state index contributed by atoms with van der Waals surface area (Å²) in [4.78, 5) is 56.3. The van der Waals surface area contributed by atoms with Crippen molar-refractivity contribution in [2.45, 2.75) is 32.2 Å². The molecular formula is C23H23Cl2N3O5. The number of rotatable bonds is 6. The first-order valence-corrected chi connectivity index (χ1v) is 11.7. The standard InChI is InChI=1S/C23H23Cl2N3O5/c24-13-3-5-16-18(8-13)22(31)27(20(16)29)11-26(10-15-2-1-7-33-15)12-28-21(30)17-6-4-14(25)9-19(17)23(28)32/h1-4,7,16-19H,5-6,8-12H2/t16-,17-,18+,19+/m1/s1. The van der Waals surface area contributed by atoms with E-state index in [1.807, 2.05) is 0 Å². The zero-order chi connectivity index (χ0) is 23.3. The predicted octanol–water partition coefficient (Wildman–Crippen LogP) is 3.03. The molecule has 10 heteroatoms. The Labute approximate surface area is 200 Å². The maximum Gasteiger partial charge on any atom is 0.234 e. The van der Waals surface area contributed by atoms with Crippen LogP contribution in [0.25, 0.3) is 0 Å². The van der Waals surface area contributed by atoms with Crippen LogP contribution >= 0.6 is 23.2 Å². The van der Waals surface area contributed by atoms with E-state index in [-0.39, 0.29) is 43.5 Å². The van der Waals surface area contributed by atoms with Gasteiger partial charge in [0.25, 0.3) is 0 Å². The normalized spacial score (nSPS) is 29.5. The molecule has 0 bridgehead atoms. The highest BCUT2D eigenvalue weighted by Crippen LogP contribution is 2.40. The van der Waals surface area contributed by atoms with Crippen LogP contribution in [0.4, 0.5) is 0 Å². The molecule has 0 saturated carbocycles. The van der Waals surface area contributed by atoms with Crippen molar-refractivity contribution in [3.8, 4) is 0 Å². The zero-order valence-electron chi connectivity index (χ0n) is 17.8.